The first kappa shape index (κ1) is 23.3. The molecule has 0 N–H and O–H groups in total. The van der Waals surface area contributed by atoms with E-state index >= 15 is 0 Å². The molecule has 0 fully saturated rings. The predicted octanol–water partition coefficient (Wildman–Crippen LogP) is 2.88. The highest BCUT2D eigenvalue weighted by Gasteiger charge is 2.31. The van der Waals surface area contributed by atoms with Gasteiger partial charge in [-0.2, -0.15) is 5.10 Å². The SMILES string of the molecule is CCCc1nn(C)c2c(=O)n(CCOc3ccc(OC(C)(C)C(=O)OCC)cc3)cnc12. The Labute approximate surface area is 186 Å². The van der Waals surface area contributed by atoms with Gasteiger partial charge in [-0.25, -0.2) is 9.78 Å². The minimum absolute atomic E-state index is 0.138. The second-order valence-corrected chi connectivity index (χ2v) is 7.91. The van der Waals surface area contributed by atoms with Gasteiger partial charge >= 0.3 is 5.97 Å². The van der Waals surface area contributed by atoms with Crippen molar-refractivity contribution in [1.82, 2.24) is 19.3 Å². The molecule has 0 bridgehead atoms. The third kappa shape index (κ3) is 5.09. The van der Waals surface area contributed by atoms with Crippen LogP contribution in [0.3, 0.4) is 0 Å². The fraction of sp³-hybridized carbons (Fsp3) is 0.478. The van der Waals surface area contributed by atoms with Crippen LogP contribution in [0.4, 0.5) is 0 Å². The maximum Gasteiger partial charge on any atom is 0.349 e. The molecule has 2 heterocycles. The second-order valence-electron chi connectivity index (χ2n) is 7.91. The fourth-order valence-corrected chi connectivity index (χ4v) is 3.33. The quantitative estimate of drug-likeness (QED) is 0.445. The molecule has 0 atom stereocenters. The number of carbonyl (C=O) groups excluding carboxylic acids is 1. The van der Waals surface area contributed by atoms with Crippen LogP contribution in [0, 0.1) is 0 Å². The smallest absolute Gasteiger partial charge is 0.349 e. The molecular formula is C23H30N4O5. The monoisotopic (exact) mass is 442 g/mol. The summed E-state index contributed by atoms with van der Waals surface area (Å²) in [5.41, 5.74) is 0.785. The van der Waals surface area contributed by atoms with E-state index in [0.717, 1.165) is 18.5 Å². The Bertz CT molecular complexity index is 1130. The van der Waals surface area contributed by atoms with Crippen LogP contribution in [0.2, 0.25) is 0 Å². The van der Waals surface area contributed by atoms with E-state index in [4.69, 9.17) is 14.2 Å². The number of nitrogens with zero attached hydrogens (tertiary/aromatic N) is 4. The summed E-state index contributed by atoms with van der Waals surface area (Å²) in [7, 11) is 1.76. The highest BCUT2D eigenvalue weighted by Crippen LogP contribution is 2.23. The van der Waals surface area contributed by atoms with E-state index in [-0.39, 0.29) is 5.56 Å². The lowest BCUT2D eigenvalue weighted by molar-refractivity contribution is -0.158. The fourth-order valence-electron chi connectivity index (χ4n) is 3.33. The van der Waals surface area contributed by atoms with Gasteiger partial charge in [0.1, 0.15) is 23.6 Å². The zero-order valence-corrected chi connectivity index (χ0v) is 19.3. The van der Waals surface area contributed by atoms with Gasteiger partial charge in [-0.3, -0.25) is 14.0 Å². The standard InChI is InChI=1S/C23H30N4O5/c1-6-8-18-19-20(26(5)25-18)21(28)27(15-24-19)13-14-31-16-9-11-17(12-10-16)32-23(3,4)22(29)30-7-2/h9-12,15H,6-8,13-14H2,1-5H3. The molecule has 0 saturated heterocycles. The first-order chi connectivity index (χ1) is 15.3. The van der Waals surface area contributed by atoms with Gasteiger partial charge in [0, 0.05) is 7.05 Å². The minimum Gasteiger partial charge on any atom is -0.492 e. The van der Waals surface area contributed by atoms with E-state index in [1.54, 1.807) is 63.1 Å². The zero-order chi connectivity index (χ0) is 23.3. The molecule has 9 nitrogen and oxygen atoms in total. The van der Waals surface area contributed by atoms with Gasteiger partial charge < -0.3 is 14.2 Å². The van der Waals surface area contributed by atoms with Crippen LogP contribution in [-0.4, -0.2) is 44.1 Å². The number of hydrogen-bond acceptors (Lipinski definition) is 7. The van der Waals surface area contributed by atoms with Crippen LogP contribution < -0.4 is 15.0 Å². The van der Waals surface area contributed by atoms with Gasteiger partial charge in [0.2, 0.25) is 0 Å². The molecule has 0 aliphatic rings. The molecule has 3 aromatic rings. The molecule has 0 saturated carbocycles. The van der Waals surface area contributed by atoms with Crippen LogP contribution >= 0.6 is 0 Å². The Kier molecular flexibility index (Phi) is 7.17. The Morgan fingerprint density at radius 1 is 1.12 bits per heavy atom. The summed E-state index contributed by atoms with van der Waals surface area (Å²) >= 11 is 0. The van der Waals surface area contributed by atoms with Gasteiger partial charge in [0.05, 0.1) is 25.2 Å². The van der Waals surface area contributed by atoms with Gasteiger partial charge in [0.15, 0.2) is 11.1 Å². The summed E-state index contributed by atoms with van der Waals surface area (Å²) in [5.74, 6) is 0.728. The topological polar surface area (TPSA) is 97.5 Å². The van der Waals surface area contributed by atoms with Crippen LogP contribution in [0.1, 0.15) is 39.8 Å². The average molecular weight is 443 g/mol. The Hall–Kier alpha value is -3.36. The van der Waals surface area contributed by atoms with Gasteiger partial charge in [-0.15, -0.1) is 0 Å². The molecule has 0 aliphatic carbocycles. The normalized spacial score (nSPS) is 11.5. The third-order valence-electron chi connectivity index (χ3n) is 4.93. The maximum atomic E-state index is 12.8. The van der Waals surface area contributed by atoms with E-state index in [0.29, 0.717) is 42.3 Å². The number of fused-ring (bicyclic) bond motifs is 1. The highest BCUT2D eigenvalue weighted by atomic mass is 16.6. The molecule has 1 aromatic carbocycles. The molecule has 3 rings (SSSR count). The number of carbonyl (C=O) groups is 1. The summed E-state index contributed by atoms with van der Waals surface area (Å²) in [6.45, 7) is 8.08. The summed E-state index contributed by atoms with van der Waals surface area (Å²) in [5, 5.41) is 4.43. The van der Waals surface area contributed by atoms with Gasteiger partial charge in [-0.05, 0) is 51.5 Å². The highest BCUT2D eigenvalue weighted by molar-refractivity contribution is 5.79. The van der Waals surface area contributed by atoms with Crippen LogP contribution in [0.5, 0.6) is 11.5 Å². The molecular weight excluding hydrogens is 412 g/mol. The number of ether oxygens (including phenoxy) is 3. The summed E-state index contributed by atoms with van der Waals surface area (Å²) < 4.78 is 19.7. The van der Waals surface area contributed by atoms with Crippen LogP contribution in [0.25, 0.3) is 11.0 Å². The summed E-state index contributed by atoms with van der Waals surface area (Å²) in [6, 6.07) is 6.94. The molecule has 0 radical (unpaired) electrons. The number of benzene rings is 1. The summed E-state index contributed by atoms with van der Waals surface area (Å²) in [6.07, 6.45) is 3.27. The van der Waals surface area contributed by atoms with E-state index < -0.39 is 11.6 Å². The van der Waals surface area contributed by atoms with Crippen molar-refractivity contribution < 1.29 is 19.0 Å². The van der Waals surface area contributed by atoms with Crippen molar-refractivity contribution in [2.45, 2.75) is 52.7 Å². The first-order valence-electron chi connectivity index (χ1n) is 10.8. The molecule has 0 unspecified atom stereocenters. The molecule has 0 spiro atoms. The van der Waals surface area contributed by atoms with Crippen molar-refractivity contribution in [2.24, 2.45) is 7.05 Å². The predicted molar refractivity (Wildman–Crippen MR) is 120 cm³/mol. The van der Waals surface area contributed by atoms with Crippen molar-refractivity contribution in [3.63, 3.8) is 0 Å². The lowest BCUT2D eigenvalue weighted by Gasteiger charge is -2.24. The van der Waals surface area contributed by atoms with Crippen molar-refractivity contribution >= 4 is 17.0 Å². The second kappa shape index (κ2) is 9.84. The maximum absolute atomic E-state index is 12.8. The number of esters is 1. The van der Waals surface area contributed by atoms with Crippen molar-refractivity contribution in [2.75, 3.05) is 13.2 Å². The number of hydrogen-bond donors (Lipinski definition) is 0. The van der Waals surface area contributed by atoms with Gasteiger partial charge in [0.25, 0.3) is 5.56 Å². The van der Waals surface area contributed by atoms with Crippen LogP contribution in [0.15, 0.2) is 35.4 Å². The van der Waals surface area contributed by atoms with E-state index in [2.05, 4.69) is 17.0 Å². The van der Waals surface area contributed by atoms with Crippen molar-refractivity contribution in [3.05, 3.63) is 46.6 Å². The molecule has 0 amide bonds. The minimum atomic E-state index is -1.09. The third-order valence-corrected chi connectivity index (χ3v) is 4.93. The molecule has 0 aliphatic heterocycles. The first-order valence-corrected chi connectivity index (χ1v) is 10.8. The summed E-state index contributed by atoms with van der Waals surface area (Å²) in [4.78, 5) is 29.3. The number of aryl methyl sites for hydroxylation is 2. The molecule has 9 heteroatoms. The largest absolute Gasteiger partial charge is 0.492 e. The zero-order valence-electron chi connectivity index (χ0n) is 19.3. The molecule has 32 heavy (non-hydrogen) atoms. The van der Waals surface area contributed by atoms with E-state index in [1.807, 2.05) is 0 Å². The van der Waals surface area contributed by atoms with Crippen molar-refractivity contribution in [3.8, 4) is 11.5 Å². The van der Waals surface area contributed by atoms with Crippen LogP contribution in [-0.2, 0) is 29.5 Å². The lowest BCUT2D eigenvalue weighted by atomic mass is 10.1. The average Bonchev–Trinajstić information content (AvgIpc) is 3.07. The molecule has 172 valence electrons. The van der Waals surface area contributed by atoms with Crippen molar-refractivity contribution in [1.29, 1.82) is 0 Å². The number of aromatic nitrogens is 4. The van der Waals surface area contributed by atoms with E-state index in [9.17, 15) is 9.59 Å². The number of rotatable bonds is 10. The Morgan fingerprint density at radius 3 is 2.47 bits per heavy atom. The lowest BCUT2D eigenvalue weighted by Crippen LogP contribution is -2.39. The molecule has 2 aromatic heterocycles. The Balaban J connectivity index is 1.61. The van der Waals surface area contributed by atoms with Gasteiger partial charge in [-0.1, -0.05) is 13.3 Å². The Morgan fingerprint density at radius 2 is 1.81 bits per heavy atom. The van der Waals surface area contributed by atoms with E-state index in [1.165, 1.54) is 4.57 Å².